The Hall–Kier alpha value is -3.08. The Labute approximate surface area is 253 Å². The van der Waals surface area contributed by atoms with Crippen molar-refractivity contribution in [2.75, 3.05) is 25.4 Å². The first-order valence-corrected chi connectivity index (χ1v) is 18.1. The predicted octanol–water partition coefficient (Wildman–Crippen LogP) is 3.26. The van der Waals surface area contributed by atoms with Gasteiger partial charge in [-0.15, -0.1) is 0 Å². The van der Waals surface area contributed by atoms with Crippen molar-refractivity contribution >= 4 is 62.9 Å². The molecule has 0 aliphatic rings. The summed E-state index contributed by atoms with van der Waals surface area (Å²) in [4.78, 5) is 12.4. The Morgan fingerprint density at radius 1 is 0.857 bits per heavy atom. The van der Waals surface area contributed by atoms with Gasteiger partial charge in [-0.3, -0.25) is 0 Å². The highest BCUT2D eigenvalue weighted by Gasteiger charge is 2.37. The minimum Gasteiger partial charge on any atom is -0.461 e. The average Bonchev–Trinajstić information content (AvgIpc) is 3.32. The van der Waals surface area contributed by atoms with Crippen LogP contribution in [0.2, 0.25) is 0 Å². The Morgan fingerprint density at radius 2 is 1.48 bits per heavy atom. The lowest BCUT2D eigenvalue weighted by atomic mass is 10.2. The van der Waals surface area contributed by atoms with Gasteiger partial charge in [0.2, 0.25) is 20.0 Å². The minimum atomic E-state index is -4.58. The van der Waals surface area contributed by atoms with Crippen LogP contribution in [-0.4, -0.2) is 60.6 Å². The number of fused-ring (bicyclic) bond motifs is 1. The number of carbonyl (C=O) groups excluding carboxylic acids is 1. The minimum absolute atomic E-state index is 0.0529. The summed E-state index contributed by atoms with van der Waals surface area (Å²) in [5.74, 6) is -1.36. The van der Waals surface area contributed by atoms with Crippen LogP contribution in [0.25, 0.3) is 10.9 Å². The molecule has 2 N–H and O–H groups in total. The Kier molecular flexibility index (Phi) is 9.90. The van der Waals surface area contributed by atoms with Crippen LogP contribution in [0.5, 0.6) is 0 Å². The number of aromatic nitrogens is 1. The van der Waals surface area contributed by atoms with Crippen molar-refractivity contribution in [3.8, 4) is 0 Å². The van der Waals surface area contributed by atoms with E-state index >= 15 is 0 Å². The number of esters is 1. The lowest BCUT2D eigenvalue weighted by molar-refractivity contribution is 0.0514. The molecule has 224 valence electrons. The Morgan fingerprint density at radius 3 is 2.12 bits per heavy atom. The van der Waals surface area contributed by atoms with E-state index in [9.17, 15) is 30.0 Å². The van der Waals surface area contributed by atoms with Gasteiger partial charge in [0, 0.05) is 22.9 Å². The van der Waals surface area contributed by atoms with Crippen molar-refractivity contribution < 1.29 is 34.8 Å². The Bertz CT molecular complexity index is 1910. The van der Waals surface area contributed by atoms with E-state index in [0.717, 1.165) is 5.56 Å². The number of hydrogen-bond acceptors (Lipinski definition) is 8. The van der Waals surface area contributed by atoms with Gasteiger partial charge in [0.15, 0.2) is 5.69 Å². The zero-order valence-electron chi connectivity index (χ0n) is 22.4. The molecule has 0 fully saturated rings. The molecule has 11 nitrogen and oxygen atoms in total. The second-order valence-corrected chi connectivity index (χ2v) is 15.3. The molecule has 0 amide bonds. The van der Waals surface area contributed by atoms with Crippen molar-refractivity contribution in [3.63, 3.8) is 0 Å². The van der Waals surface area contributed by atoms with Gasteiger partial charge >= 0.3 is 5.97 Å². The van der Waals surface area contributed by atoms with Crippen LogP contribution < -0.4 is 9.44 Å². The number of carbonyl (C=O) groups is 1. The molecule has 0 bridgehead atoms. The number of hydrogen-bond donors (Lipinski definition) is 2. The second kappa shape index (κ2) is 13.1. The summed E-state index contributed by atoms with van der Waals surface area (Å²) in [6.45, 7) is 0.702. The number of sulfonamides is 2. The van der Waals surface area contributed by atoms with Crippen LogP contribution in [0.3, 0.4) is 0 Å². The largest absolute Gasteiger partial charge is 0.461 e. The molecule has 0 saturated carbocycles. The van der Waals surface area contributed by atoms with Gasteiger partial charge < -0.3 is 4.74 Å². The number of nitrogens with one attached hydrogen (secondary N) is 2. The van der Waals surface area contributed by atoms with Crippen molar-refractivity contribution in [2.24, 2.45) is 0 Å². The fourth-order valence-electron chi connectivity index (χ4n) is 4.24. The van der Waals surface area contributed by atoms with E-state index in [2.05, 4.69) is 25.4 Å². The number of halogens is 1. The number of benzene rings is 3. The predicted molar refractivity (Wildman–Crippen MR) is 162 cm³/mol. The molecular weight excluding hydrogens is 670 g/mol. The highest BCUT2D eigenvalue weighted by atomic mass is 79.9. The fourth-order valence-corrected chi connectivity index (χ4v) is 8.65. The topological polar surface area (TPSA) is 158 Å². The first-order valence-electron chi connectivity index (χ1n) is 12.7. The third-order valence-corrected chi connectivity index (χ3v) is 11.2. The van der Waals surface area contributed by atoms with Gasteiger partial charge in [0.05, 0.1) is 22.8 Å². The SMILES string of the molecule is CCOC(=O)c1c(S(=O)(=O)NCCNS(=O)(=O)CCc2ccccc2)c2cc(Br)ccc2n1S(=O)(=O)c1ccccc1. The number of rotatable bonds is 13. The molecule has 1 heterocycles. The smallest absolute Gasteiger partial charge is 0.357 e. The maximum atomic E-state index is 13.8. The van der Waals surface area contributed by atoms with E-state index in [4.69, 9.17) is 4.74 Å². The maximum Gasteiger partial charge on any atom is 0.357 e. The molecule has 0 atom stereocenters. The fraction of sp³-hybridized carbons (Fsp3) is 0.222. The standard InChI is InChI=1S/C27H28BrN3O8S3/c1-2-39-27(32)25-26(41(35,36)30-17-16-29-40(33,34)18-15-20-9-5-3-6-10-20)23-19-21(28)13-14-24(23)31(25)42(37,38)22-11-7-4-8-12-22/h3-14,19,29-30H,2,15-18H2,1H3. The van der Waals surface area contributed by atoms with Gasteiger partial charge in [-0.1, -0.05) is 64.5 Å². The van der Waals surface area contributed by atoms with Gasteiger partial charge in [-0.25, -0.2) is 43.5 Å². The molecule has 4 aromatic rings. The highest BCUT2D eigenvalue weighted by Crippen LogP contribution is 2.35. The molecule has 0 aliphatic heterocycles. The molecule has 42 heavy (non-hydrogen) atoms. The molecule has 0 aliphatic carbocycles. The normalized spacial score (nSPS) is 12.4. The molecule has 0 saturated heterocycles. The summed E-state index contributed by atoms with van der Waals surface area (Å²) in [5, 5.41) is -0.0529. The van der Waals surface area contributed by atoms with Crippen molar-refractivity contribution in [2.45, 2.75) is 23.1 Å². The van der Waals surface area contributed by atoms with Gasteiger partial charge in [-0.05, 0) is 49.2 Å². The first kappa shape index (κ1) is 31.8. The molecule has 0 spiro atoms. The zero-order valence-corrected chi connectivity index (χ0v) is 26.4. The average molecular weight is 699 g/mol. The van der Waals surface area contributed by atoms with Crippen molar-refractivity contribution in [1.82, 2.24) is 13.4 Å². The number of ether oxygens (including phenoxy) is 1. The molecule has 0 radical (unpaired) electrons. The highest BCUT2D eigenvalue weighted by molar-refractivity contribution is 9.10. The van der Waals surface area contributed by atoms with Gasteiger partial charge in [0.1, 0.15) is 4.90 Å². The molecule has 1 aromatic heterocycles. The quantitative estimate of drug-likeness (QED) is 0.159. The van der Waals surface area contributed by atoms with Gasteiger partial charge in [0.25, 0.3) is 10.0 Å². The van der Waals surface area contributed by atoms with Crippen LogP contribution in [0.1, 0.15) is 23.0 Å². The van der Waals surface area contributed by atoms with Crippen molar-refractivity contribution in [1.29, 1.82) is 0 Å². The molecule has 15 heteroatoms. The summed E-state index contributed by atoms with van der Waals surface area (Å²) in [5.41, 5.74) is 0.0694. The monoisotopic (exact) mass is 697 g/mol. The molecular formula is C27H28BrN3O8S3. The van der Waals surface area contributed by atoms with Crippen LogP contribution >= 0.6 is 15.9 Å². The van der Waals surface area contributed by atoms with Crippen LogP contribution in [0.15, 0.2) is 93.1 Å². The first-order chi connectivity index (χ1) is 19.9. The lowest BCUT2D eigenvalue weighted by Crippen LogP contribution is -2.36. The van der Waals surface area contributed by atoms with E-state index in [1.807, 2.05) is 6.07 Å². The summed E-state index contributed by atoms with van der Waals surface area (Å²) < 4.78 is 90.7. The zero-order chi connectivity index (χ0) is 30.5. The Balaban J connectivity index is 1.69. The summed E-state index contributed by atoms with van der Waals surface area (Å²) in [7, 11) is -12.8. The third-order valence-electron chi connectivity index (χ3n) is 6.10. The number of aryl methyl sites for hydroxylation is 1. The molecule has 3 aromatic carbocycles. The van der Waals surface area contributed by atoms with Crippen LogP contribution in [0.4, 0.5) is 0 Å². The van der Waals surface area contributed by atoms with Crippen LogP contribution in [0, 0.1) is 0 Å². The summed E-state index contributed by atoms with van der Waals surface area (Å²) >= 11 is 3.28. The third kappa shape index (κ3) is 7.10. The summed E-state index contributed by atoms with van der Waals surface area (Å²) in [6, 6.07) is 20.6. The van der Waals surface area contributed by atoms with E-state index in [0.29, 0.717) is 8.45 Å². The van der Waals surface area contributed by atoms with Gasteiger partial charge in [-0.2, -0.15) is 0 Å². The van der Waals surface area contributed by atoms with E-state index in [1.165, 1.54) is 49.4 Å². The van der Waals surface area contributed by atoms with E-state index in [1.54, 1.807) is 30.3 Å². The maximum absolute atomic E-state index is 13.8. The second-order valence-electron chi connectivity index (χ2n) is 8.99. The lowest BCUT2D eigenvalue weighted by Gasteiger charge is -2.13. The van der Waals surface area contributed by atoms with Crippen LogP contribution in [-0.2, 0) is 41.2 Å². The van der Waals surface area contributed by atoms with E-state index < -0.39 is 46.6 Å². The van der Waals surface area contributed by atoms with Crippen molar-refractivity contribution in [3.05, 3.63) is 94.6 Å². The van der Waals surface area contributed by atoms with E-state index in [-0.39, 0.29) is 47.7 Å². The summed E-state index contributed by atoms with van der Waals surface area (Å²) in [6.07, 6.45) is 0.273. The molecule has 4 rings (SSSR count). The number of nitrogens with zero attached hydrogens (tertiary/aromatic N) is 1. The molecule has 0 unspecified atom stereocenters.